The molecule has 0 bridgehead atoms. The number of carbonyl (C=O) groups is 1. The Morgan fingerprint density at radius 2 is 2.09 bits per heavy atom. The lowest BCUT2D eigenvalue weighted by atomic mass is 9.94. The van der Waals surface area contributed by atoms with Gasteiger partial charge in [-0.25, -0.2) is 9.82 Å². The Balaban J connectivity index is 1.61. The van der Waals surface area contributed by atoms with Gasteiger partial charge in [-0.15, -0.1) is 0 Å². The van der Waals surface area contributed by atoms with Gasteiger partial charge in [0, 0.05) is 32.6 Å². The van der Waals surface area contributed by atoms with E-state index in [0.717, 1.165) is 12.1 Å². The smallest absolute Gasteiger partial charge is 0.239 e. The third kappa shape index (κ3) is 3.69. The summed E-state index contributed by atoms with van der Waals surface area (Å²) in [5, 5.41) is 12.6. The molecule has 1 amide bonds. The summed E-state index contributed by atoms with van der Waals surface area (Å²) in [5.74, 6) is -0.0542. The molecule has 4 atom stereocenters. The molecule has 126 valence electrons. The molecule has 4 N–H and O–H groups in total. The highest BCUT2D eigenvalue weighted by molar-refractivity contribution is 5.82. The largest absolute Gasteiger partial charge is 0.392 e. The number of benzene rings is 1. The molecule has 0 spiro atoms. The maximum atomic E-state index is 13.1. The van der Waals surface area contributed by atoms with Crippen molar-refractivity contribution >= 4 is 5.91 Å². The van der Waals surface area contributed by atoms with E-state index in [1.54, 1.807) is 24.1 Å². The fourth-order valence-corrected chi connectivity index (χ4v) is 3.34. The number of aliphatic hydroxyl groups excluding tert-OH is 1. The van der Waals surface area contributed by atoms with Crippen LogP contribution in [0.2, 0.25) is 0 Å². The number of hydrazine groups is 1. The van der Waals surface area contributed by atoms with E-state index in [2.05, 4.69) is 16.2 Å². The first-order chi connectivity index (χ1) is 11.0. The summed E-state index contributed by atoms with van der Waals surface area (Å²) < 4.78 is 13.1. The average molecular weight is 322 g/mol. The summed E-state index contributed by atoms with van der Waals surface area (Å²) in [5.41, 5.74) is 7.31. The third-order valence-corrected chi connectivity index (χ3v) is 4.61. The van der Waals surface area contributed by atoms with Crippen molar-refractivity contribution in [1.29, 1.82) is 0 Å². The van der Waals surface area contributed by atoms with Crippen LogP contribution in [0.15, 0.2) is 24.3 Å². The minimum Gasteiger partial charge on any atom is -0.392 e. The van der Waals surface area contributed by atoms with Gasteiger partial charge in [-0.3, -0.25) is 10.2 Å². The molecule has 2 aliphatic rings. The molecule has 7 heteroatoms. The minimum absolute atomic E-state index is 0.00584. The summed E-state index contributed by atoms with van der Waals surface area (Å²) in [6.45, 7) is 1.80. The zero-order valence-corrected chi connectivity index (χ0v) is 13.1. The summed E-state index contributed by atoms with van der Waals surface area (Å²) >= 11 is 0. The van der Waals surface area contributed by atoms with Crippen molar-refractivity contribution in [2.75, 3.05) is 26.7 Å². The third-order valence-electron chi connectivity index (χ3n) is 4.61. The normalized spacial score (nSPS) is 30.6. The van der Waals surface area contributed by atoms with Gasteiger partial charge in [-0.05, 0) is 24.1 Å². The highest BCUT2D eigenvalue weighted by Gasteiger charge is 2.34. The van der Waals surface area contributed by atoms with E-state index in [4.69, 9.17) is 0 Å². The number of nitrogens with one attached hydrogen (secondary N) is 3. The lowest BCUT2D eigenvalue weighted by molar-refractivity contribution is -0.132. The summed E-state index contributed by atoms with van der Waals surface area (Å²) in [4.78, 5) is 14.1. The monoisotopic (exact) mass is 322 g/mol. The second-order valence-corrected chi connectivity index (χ2v) is 6.38. The summed E-state index contributed by atoms with van der Waals surface area (Å²) in [7, 11) is 1.79. The summed E-state index contributed by atoms with van der Waals surface area (Å²) in [6.07, 6.45) is 0.0188. The van der Waals surface area contributed by atoms with Crippen LogP contribution in [0.5, 0.6) is 0 Å². The Morgan fingerprint density at radius 1 is 1.35 bits per heavy atom. The van der Waals surface area contributed by atoms with Gasteiger partial charge in [0.05, 0.1) is 18.2 Å². The highest BCUT2D eigenvalue weighted by Crippen LogP contribution is 2.26. The number of carbonyl (C=O) groups excluding carboxylic acids is 1. The van der Waals surface area contributed by atoms with E-state index in [1.165, 1.54) is 12.1 Å². The first kappa shape index (κ1) is 16.3. The van der Waals surface area contributed by atoms with Crippen LogP contribution in [-0.2, 0) is 4.79 Å². The minimum atomic E-state index is -0.445. The van der Waals surface area contributed by atoms with Crippen molar-refractivity contribution in [3.8, 4) is 0 Å². The number of rotatable bonds is 4. The molecule has 0 saturated carbocycles. The number of aliphatic hydroxyl groups is 1. The molecule has 2 saturated heterocycles. The van der Waals surface area contributed by atoms with E-state index in [1.807, 2.05) is 0 Å². The molecular weight excluding hydrogens is 299 g/mol. The zero-order valence-electron chi connectivity index (χ0n) is 13.1. The Morgan fingerprint density at radius 3 is 2.74 bits per heavy atom. The van der Waals surface area contributed by atoms with Crippen molar-refractivity contribution in [2.45, 2.75) is 24.6 Å². The number of β-amino-alcohol motifs (C(OH)–C–C–N with tert-alkyl or cyclic N) is 1. The van der Waals surface area contributed by atoms with Crippen molar-refractivity contribution in [3.05, 3.63) is 35.6 Å². The topological polar surface area (TPSA) is 76.6 Å². The van der Waals surface area contributed by atoms with Gasteiger partial charge < -0.3 is 15.3 Å². The van der Waals surface area contributed by atoms with Crippen LogP contribution in [0.1, 0.15) is 18.0 Å². The van der Waals surface area contributed by atoms with Crippen LogP contribution in [0.25, 0.3) is 0 Å². The van der Waals surface area contributed by atoms with Crippen molar-refractivity contribution in [1.82, 2.24) is 21.1 Å². The van der Waals surface area contributed by atoms with E-state index >= 15 is 0 Å². The molecule has 2 heterocycles. The number of hydrogen-bond acceptors (Lipinski definition) is 5. The van der Waals surface area contributed by atoms with Crippen molar-refractivity contribution < 1.29 is 14.3 Å². The maximum absolute atomic E-state index is 13.1. The molecule has 2 fully saturated rings. The van der Waals surface area contributed by atoms with Gasteiger partial charge in [0.2, 0.25) is 5.91 Å². The van der Waals surface area contributed by atoms with Gasteiger partial charge in [0.25, 0.3) is 0 Å². The SMILES string of the molecule is CN(CC1CNNC1c1ccc(F)cc1)C(=O)[C@@H]1C[C@@H](O)CN1. The molecule has 1 aromatic rings. The average Bonchev–Trinajstić information content (AvgIpc) is 3.16. The van der Waals surface area contributed by atoms with Crippen LogP contribution in [-0.4, -0.2) is 54.7 Å². The predicted molar refractivity (Wildman–Crippen MR) is 83.8 cm³/mol. The van der Waals surface area contributed by atoms with E-state index < -0.39 is 6.10 Å². The van der Waals surface area contributed by atoms with Crippen LogP contribution in [0, 0.1) is 11.7 Å². The van der Waals surface area contributed by atoms with E-state index in [0.29, 0.717) is 19.5 Å². The highest BCUT2D eigenvalue weighted by atomic mass is 19.1. The van der Waals surface area contributed by atoms with Crippen LogP contribution in [0.4, 0.5) is 4.39 Å². The number of amides is 1. The molecule has 23 heavy (non-hydrogen) atoms. The van der Waals surface area contributed by atoms with Crippen LogP contribution in [0.3, 0.4) is 0 Å². The number of halogens is 1. The molecule has 0 radical (unpaired) electrons. The lowest BCUT2D eigenvalue weighted by Gasteiger charge is -2.27. The first-order valence-electron chi connectivity index (χ1n) is 7.95. The second kappa shape index (κ2) is 6.92. The Hall–Kier alpha value is -1.54. The molecule has 2 unspecified atom stereocenters. The predicted octanol–water partition coefficient (Wildman–Crippen LogP) is -0.228. The fourth-order valence-electron chi connectivity index (χ4n) is 3.34. The number of hydrogen-bond donors (Lipinski definition) is 4. The quantitative estimate of drug-likeness (QED) is 0.616. The Bertz CT molecular complexity index is 554. The van der Waals surface area contributed by atoms with E-state index in [-0.39, 0.29) is 29.7 Å². The van der Waals surface area contributed by atoms with Gasteiger partial charge >= 0.3 is 0 Å². The molecule has 0 aliphatic carbocycles. The molecule has 0 aromatic heterocycles. The second-order valence-electron chi connectivity index (χ2n) is 6.38. The lowest BCUT2D eigenvalue weighted by Crippen LogP contribution is -2.44. The standard InChI is InChI=1S/C16H23FN4O2/c1-21(16(23)14-6-13(22)8-18-14)9-11-7-19-20-15(11)10-2-4-12(17)5-3-10/h2-5,11,13-15,18-20,22H,6-9H2,1H3/t11?,13-,14+,15?/m1/s1. The molecule has 2 aliphatic heterocycles. The Labute approximate surface area is 135 Å². The number of nitrogens with zero attached hydrogens (tertiary/aromatic N) is 1. The zero-order chi connectivity index (χ0) is 16.4. The molecular formula is C16H23FN4O2. The maximum Gasteiger partial charge on any atom is 0.239 e. The summed E-state index contributed by atoms with van der Waals surface area (Å²) in [6, 6.07) is 6.17. The van der Waals surface area contributed by atoms with Crippen molar-refractivity contribution in [2.24, 2.45) is 5.92 Å². The van der Waals surface area contributed by atoms with E-state index in [9.17, 15) is 14.3 Å². The van der Waals surface area contributed by atoms with Gasteiger partial charge in [0.1, 0.15) is 5.82 Å². The van der Waals surface area contributed by atoms with Crippen molar-refractivity contribution in [3.63, 3.8) is 0 Å². The van der Waals surface area contributed by atoms with Crippen LogP contribution < -0.4 is 16.2 Å². The number of likely N-dealkylation sites (N-methyl/N-ethyl adjacent to an activating group) is 1. The molecule has 6 nitrogen and oxygen atoms in total. The molecule has 3 rings (SSSR count). The van der Waals surface area contributed by atoms with Gasteiger partial charge in [-0.2, -0.15) is 0 Å². The van der Waals surface area contributed by atoms with Crippen LogP contribution >= 0.6 is 0 Å². The first-order valence-corrected chi connectivity index (χ1v) is 7.95. The fraction of sp³-hybridized carbons (Fsp3) is 0.562. The van der Waals surface area contributed by atoms with Gasteiger partial charge in [-0.1, -0.05) is 12.1 Å². The van der Waals surface area contributed by atoms with Gasteiger partial charge in [0.15, 0.2) is 0 Å². The molecule has 1 aromatic carbocycles. The Kier molecular flexibility index (Phi) is 4.91.